The lowest BCUT2D eigenvalue weighted by Gasteiger charge is -2.46. The van der Waals surface area contributed by atoms with Crippen LogP contribution < -0.4 is 20.7 Å². The van der Waals surface area contributed by atoms with E-state index in [0.29, 0.717) is 12.2 Å². The van der Waals surface area contributed by atoms with Crippen LogP contribution in [0, 0.1) is 5.92 Å². The molecule has 2 N–H and O–H groups in total. The molecule has 1 aromatic heterocycles. The molecule has 0 spiro atoms. The molecule has 0 bridgehead atoms. The maximum atomic E-state index is 12.4. The summed E-state index contributed by atoms with van der Waals surface area (Å²) in [6.45, 7) is 4.36. The van der Waals surface area contributed by atoms with E-state index in [2.05, 4.69) is 9.97 Å². The molecule has 2 aliphatic heterocycles. The van der Waals surface area contributed by atoms with E-state index in [-0.39, 0.29) is 17.7 Å². The molecule has 0 unspecified atom stereocenters. The summed E-state index contributed by atoms with van der Waals surface area (Å²) in [4.78, 5) is 28.8. The van der Waals surface area contributed by atoms with Gasteiger partial charge in [-0.05, 0) is 19.9 Å². The maximum absolute atomic E-state index is 12.4. The van der Waals surface area contributed by atoms with Gasteiger partial charge in [0.15, 0.2) is 0 Å². The SMILES string of the molecule is CC1(C)Oc2[nH]c(=O)[nH]c(=O)c2[C@@H]2c3ccccc3OC[C@H]21. The molecule has 6 nitrogen and oxygen atoms in total. The Labute approximate surface area is 126 Å². The van der Waals surface area contributed by atoms with E-state index in [1.165, 1.54) is 0 Å². The van der Waals surface area contributed by atoms with Crippen LogP contribution in [0.4, 0.5) is 0 Å². The highest BCUT2D eigenvalue weighted by Crippen LogP contribution is 2.50. The number of hydrogen-bond acceptors (Lipinski definition) is 4. The van der Waals surface area contributed by atoms with E-state index in [1.54, 1.807) is 0 Å². The van der Waals surface area contributed by atoms with Gasteiger partial charge < -0.3 is 9.47 Å². The van der Waals surface area contributed by atoms with Crippen molar-refractivity contribution in [1.82, 2.24) is 9.97 Å². The Morgan fingerprint density at radius 2 is 1.95 bits per heavy atom. The van der Waals surface area contributed by atoms with Crippen LogP contribution in [0.5, 0.6) is 11.6 Å². The first-order chi connectivity index (χ1) is 10.5. The first kappa shape index (κ1) is 13.2. The Balaban J connectivity index is 2.04. The van der Waals surface area contributed by atoms with Crippen LogP contribution in [0.3, 0.4) is 0 Å². The fraction of sp³-hybridized carbons (Fsp3) is 0.375. The molecule has 22 heavy (non-hydrogen) atoms. The molecule has 0 saturated carbocycles. The predicted molar refractivity (Wildman–Crippen MR) is 79.7 cm³/mol. The van der Waals surface area contributed by atoms with Crippen LogP contribution >= 0.6 is 0 Å². The van der Waals surface area contributed by atoms with Gasteiger partial charge >= 0.3 is 5.69 Å². The molecule has 4 rings (SSSR count). The van der Waals surface area contributed by atoms with Gasteiger partial charge in [0.1, 0.15) is 11.4 Å². The van der Waals surface area contributed by atoms with Gasteiger partial charge in [0.25, 0.3) is 5.56 Å². The summed E-state index contributed by atoms with van der Waals surface area (Å²) in [5, 5.41) is 0. The van der Waals surface area contributed by atoms with Gasteiger partial charge in [0.05, 0.1) is 12.2 Å². The van der Waals surface area contributed by atoms with Crippen LogP contribution in [-0.4, -0.2) is 22.2 Å². The number of hydrogen-bond donors (Lipinski definition) is 2. The number of aromatic nitrogens is 2. The van der Waals surface area contributed by atoms with E-state index in [4.69, 9.17) is 9.47 Å². The third-order valence-electron chi connectivity index (χ3n) is 4.59. The van der Waals surface area contributed by atoms with Crippen molar-refractivity contribution in [3.05, 3.63) is 56.2 Å². The molecule has 0 fully saturated rings. The smallest absolute Gasteiger partial charge is 0.328 e. The molecular weight excluding hydrogens is 284 g/mol. The van der Waals surface area contributed by atoms with Gasteiger partial charge in [-0.1, -0.05) is 18.2 Å². The summed E-state index contributed by atoms with van der Waals surface area (Å²) >= 11 is 0. The van der Waals surface area contributed by atoms with Crippen molar-refractivity contribution in [2.45, 2.75) is 25.4 Å². The Kier molecular flexibility index (Phi) is 2.55. The number of rotatable bonds is 0. The fourth-order valence-electron chi connectivity index (χ4n) is 3.50. The first-order valence-electron chi connectivity index (χ1n) is 7.24. The summed E-state index contributed by atoms with van der Waals surface area (Å²) in [6, 6.07) is 7.68. The van der Waals surface area contributed by atoms with Gasteiger partial charge in [-0.25, -0.2) is 4.79 Å². The van der Waals surface area contributed by atoms with Gasteiger partial charge in [-0.3, -0.25) is 14.8 Å². The van der Waals surface area contributed by atoms with Crippen molar-refractivity contribution < 1.29 is 9.47 Å². The third kappa shape index (κ3) is 1.73. The maximum Gasteiger partial charge on any atom is 0.328 e. The van der Waals surface area contributed by atoms with E-state index in [0.717, 1.165) is 11.3 Å². The zero-order valence-corrected chi connectivity index (χ0v) is 12.3. The Bertz CT molecular complexity index is 865. The third-order valence-corrected chi connectivity index (χ3v) is 4.59. The fourth-order valence-corrected chi connectivity index (χ4v) is 3.50. The number of aromatic amines is 2. The Morgan fingerprint density at radius 1 is 1.18 bits per heavy atom. The molecule has 6 heteroatoms. The monoisotopic (exact) mass is 300 g/mol. The van der Waals surface area contributed by atoms with Crippen LogP contribution in [0.25, 0.3) is 0 Å². The molecule has 0 radical (unpaired) electrons. The van der Waals surface area contributed by atoms with Crippen molar-refractivity contribution in [3.63, 3.8) is 0 Å². The van der Waals surface area contributed by atoms with E-state index in [1.807, 2.05) is 38.1 Å². The van der Waals surface area contributed by atoms with Gasteiger partial charge in [-0.15, -0.1) is 0 Å². The number of para-hydroxylation sites is 1. The number of ether oxygens (including phenoxy) is 2. The molecule has 2 aromatic rings. The topological polar surface area (TPSA) is 84.2 Å². The second kappa shape index (κ2) is 4.25. The number of benzene rings is 1. The zero-order valence-electron chi connectivity index (χ0n) is 12.3. The largest absolute Gasteiger partial charge is 0.493 e. The number of fused-ring (bicyclic) bond motifs is 5. The van der Waals surface area contributed by atoms with Crippen molar-refractivity contribution in [3.8, 4) is 11.6 Å². The first-order valence-corrected chi connectivity index (χ1v) is 7.24. The summed E-state index contributed by atoms with van der Waals surface area (Å²) < 4.78 is 11.8. The zero-order chi connectivity index (χ0) is 15.5. The molecule has 2 aliphatic rings. The highest BCUT2D eigenvalue weighted by atomic mass is 16.5. The lowest BCUT2D eigenvalue weighted by Crippen LogP contribution is -2.51. The van der Waals surface area contributed by atoms with Crippen LogP contribution in [-0.2, 0) is 0 Å². The average Bonchev–Trinajstić information content (AvgIpc) is 2.45. The molecule has 0 aliphatic carbocycles. The van der Waals surface area contributed by atoms with Gasteiger partial charge in [0.2, 0.25) is 5.88 Å². The molecule has 1 aromatic carbocycles. The minimum Gasteiger partial charge on any atom is -0.493 e. The summed E-state index contributed by atoms with van der Waals surface area (Å²) in [6.07, 6.45) is 0. The van der Waals surface area contributed by atoms with Crippen LogP contribution in [0.1, 0.15) is 30.9 Å². The second-order valence-electron chi connectivity index (χ2n) is 6.29. The molecule has 2 atom stereocenters. The number of nitrogens with one attached hydrogen (secondary N) is 2. The summed E-state index contributed by atoms with van der Waals surface area (Å²) in [5.74, 6) is 0.862. The van der Waals surface area contributed by atoms with Crippen LogP contribution in [0.2, 0.25) is 0 Å². The van der Waals surface area contributed by atoms with E-state index >= 15 is 0 Å². The molecular formula is C16H16N2O4. The minimum atomic E-state index is -0.557. The predicted octanol–water partition coefficient (Wildman–Crippen LogP) is 1.37. The average molecular weight is 300 g/mol. The van der Waals surface area contributed by atoms with E-state index < -0.39 is 16.9 Å². The lowest BCUT2D eigenvalue weighted by molar-refractivity contribution is -0.0184. The lowest BCUT2D eigenvalue weighted by atomic mass is 9.71. The normalized spacial score (nSPS) is 24.3. The molecule has 114 valence electrons. The van der Waals surface area contributed by atoms with E-state index in [9.17, 15) is 9.59 Å². The minimum absolute atomic E-state index is 0.0121. The van der Waals surface area contributed by atoms with Gasteiger partial charge in [-0.2, -0.15) is 0 Å². The summed E-state index contributed by atoms with van der Waals surface area (Å²) in [5.41, 5.74) is -0.0880. The Morgan fingerprint density at radius 3 is 2.77 bits per heavy atom. The molecule has 0 saturated heterocycles. The van der Waals surface area contributed by atoms with Crippen molar-refractivity contribution in [2.24, 2.45) is 5.92 Å². The highest BCUT2D eigenvalue weighted by Gasteiger charge is 2.49. The van der Waals surface area contributed by atoms with Crippen LogP contribution in [0.15, 0.2) is 33.9 Å². The van der Waals surface area contributed by atoms with Crippen molar-refractivity contribution in [1.29, 1.82) is 0 Å². The van der Waals surface area contributed by atoms with Crippen molar-refractivity contribution >= 4 is 0 Å². The Hall–Kier alpha value is -2.50. The highest BCUT2D eigenvalue weighted by molar-refractivity contribution is 5.48. The summed E-state index contributed by atoms with van der Waals surface area (Å²) in [7, 11) is 0. The second-order valence-corrected chi connectivity index (χ2v) is 6.29. The standard InChI is InChI=1S/C16H16N2O4/c1-16(2)9-7-21-10-6-4-3-5-8(10)11(9)12-13(19)17-15(20)18-14(12)22-16/h3-6,9,11H,7H2,1-2H3,(H2,17,18,19,20)/t9-,11-/m1/s1. The van der Waals surface area contributed by atoms with Crippen molar-refractivity contribution in [2.75, 3.05) is 6.61 Å². The molecule has 0 amide bonds. The van der Waals surface area contributed by atoms with Gasteiger partial charge in [0, 0.05) is 17.4 Å². The number of H-pyrrole nitrogens is 2. The quantitative estimate of drug-likeness (QED) is 0.769. The molecule has 3 heterocycles.